The van der Waals surface area contributed by atoms with E-state index < -0.39 is 0 Å². The van der Waals surface area contributed by atoms with Crippen LogP contribution in [0.2, 0.25) is 0 Å². The lowest BCUT2D eigenvalue weighted by atomic mass is 9.73. The van der Waals surface area contributed by atoms with Crippen LogP contribution in [0.25, 0.3) is 0 Å². The molecule has 2 rings (SSSR count). The summed E-state index contributed by atoms with van der Waals surface area (Å²) in [5, 5.41) is 0. The largest absolute Gasteiger partial charge is 0.147 e. The fourth-order valence-corrected chi connectivity index (χ4v) is 3.21. The van der Waals surface area contributed by atoms with Gasteiger partial charge in [0.1, 0.15) is 0 Å². The summed E-state index contributed by atoms with van der Waals surface area (Å²) in [5.41, 5.74) is 0. The maximum atomic E-state index is 4.48. The molecule has 0 N–H and O–H groups in total. The first kappa shape index (κ1) is 9.01. The van der Waals surface area contributed by atoms with E-state index in [0.717, 1.165) is 11.8 Å². The van der Waals surface area contributed by atoms with Crippen LogP contribution in [0.1, 0.15) is 38.5 Å². The van der Waals surface area contributed by atoms with Crippen molar-refractivity contribution in [2.75, 3.05) is 0 Å². The lowest BCUT2D eigenvalue weighted by molar-refractivity contribution is 0.228. The predicted octanol–water partition coefficient (Wildman–Crippen LogP) is 3.66. The smallest absolute Gasteiger partial charge is 0.00887 e. The van der Waals surface area contributed by atoms with Crippen molar-refractivity contribution >= 4 is 25.3 Å². The van der Waals surface area contributed by atoms with Crippen LogP contribution >= 0.6 is 25.3 Å². The average molecular weight is 200 g/mol. The van der Waals surface area contributed by atoms with Gasteiger partial charge in [0.05, 0.1) is 0 Å². The molecule has 0 spiro atoms. The molecule has 2 heteroatoms. The van der Waals surface area contributed by atoms with Gasteiger partial charge in [-0.05, 0) is 47.3 Å². The highest BCUT2D eigenvalue weighted by Crippen LogP contribution is 2.44. The van der Waals surface area contributed by atoms with Crippen LogP contribution in [0.5, 0.6) is 0 Å². The molecule has 0 aromatic carbocycles. The lowest BCUT2D eigenvalue weighted by Gasteiger charge is -2.35. The normalized spacial score (nSPS) is 36.5. The van der Waals surface area contributed by atoms with Crippen LogP contribution in [0, 0.1) is 11.8 Å². The molecule has 2 aliphatic rings. The quantitative estimate of drug-likeness (QED) is 0.548. The van der Waals surface area contributed by atoms with Gasteiger partial charge in [0.2, 0.25) is 0 Å². The predicted molar refractivity (Wildman–Crippen MR) is 59.7 cm³/mol. The van der Waals surface area contributed by atoms with Gasteiger partial charge in [-0.1, -0.05) is 12.8 Å². The minimum atomic E-state index is 0.933. The molecule has 68 valence electrons. The molecule has 0 amide bonds. The van der Waals surface area contributed by atoms with Gasteiger partial charge in [-0.15, -0.1) is 25.3 Å². The molecule has 1 fully saturated rings. The summed E-state index contributed by atoms with van der Waals surface area (Å²) in [7, 11) is 0. The molecular weight excluding hydrogens is 184 g/mol. The molecule has 0 radical (unpaired) electrons. The van der Waals surface area contributed by atoms with Crippen LogP contribution in [-0.4, -0.2) is 0 Å². The van der Waals surface area contributed by atoms with Gasteiger partial charge in [-0.2, -0.15) is 0 Å². The number of hydrogen-bond donors (Lipinski definition) is 2. The Bertz CT molecular complexity index is 186. The van der Waals surface area contributed by atoms with Crippen molar-refractivity contribution in [1.29, 1.82) is 0 Å². The Morgan fingerprint density at radius 1 is 0.833 bits per heavy atom. The van der Waals surface area contributed by atoms with E-state index in [2.05, 4.69) is 25.3 Å². The highest BCUT2D eigenvalue weighted by atomic mass is 32.1. The van der Waals surface area contributed by atoms with Gasteiger partial charge in [-0.3, -0.25) is 0 Å². The molecule has 0 aliphatic heterocycles. The van der Waals surface area contributed by atoms with Crippen LogP contribution in [0.15, 0.2) is 9.81 Å². The molecule has 12 heavy (non-hydrogen) atoms. The van der Waals surface area contributed by atoms with Gasteiger partial charge >= 0.3 is 0 Å². The molecule has 2 atom stereocenters. The zero-order valence-corrected chi connectivity index (χ0v) is 9.08. The minimum Gasteiger partial charge on any atom is -0.147 e. The number of allylic oxidation sites excluding steroid dienone is 2. The van der Waals surface area contributed by atoms with Crippen molar-refractivity contribution in [2.24, 2.45) is 11.8 Å². The zero-order chi connectivity index (χ0) is 8.55. The standard InChI is InChI=1S/C10H16S2/c11-9-5-7-3-1-2-4-8(7)6-10(9)12/h7-8,11-12H,1-6H2. The summed E-state index contributed by atoms with van der Waals surface area (Å²) in [4.78, 5) is 2.50. The number of hydrogen-bond acceptors (Lipinski definition) is 2. The third-order valence-electron chi connectivity index (χ3n) is 3.31. The van der Waals surface area contributed by atoms with E-state index in [1.54, 1.807) is 0 Å². The van der Waals surface area contributed by atoms with Crippen molar-refractivity contribution in [2.45, 2.75) is 38.5 Å². The fourth-order valence-electron chi connectivity index (χ4n) is 2.55. The SMILES string of the molecule is SC1=C(S)CC2CCCCC2C1. The Morgan fingerprint density at radius 2 is 1.25 bits per heavy atom. The summed E-state index contributed by atoms with van der Waals surface area (Å²) < 4.78 is 0. The molecule has 2 aliphatic carbocycles. The maximum absolute atomic E-state index is 4.48. The second kappa shape index (κ2) is 3.67. The first-order valence-electron chi connectivity index (χ1n) is 4.87. The Morgan fingerprint density at radius 3 is 1.67 bits per heavy atom. The number of thiol groups is 2. The van der Waals surface area contributed by atoms with Gasteiger partial charge in [-0.25, -0.2) is 0 Å². The van der Waals surface area contributed by atoms with Crippen molar-refractivity contribution in [3.05, 3.63) is 9.81 Å². The van der Waals surface area contributed by atoms with Gasteiger partial charge < -0.3 is 0 Å². The summed E-state index contributed by atoms with van der Waals surface area (Å²) in [6, 6.07) is 0. The molecule has 0 aromatic heterocycles. The molecule has 0 heterocycles. The Kier molecular flexibility index (Phi) is 2.75. The van der Waals surface area contributed by atoms with E-state index in [1.807, 2.05) is 0 Å². The van der Waals surface area contributed by atoms with Crippen LogP contribution in [-0.2, 0) is 0 Å². The second-order valence-electron chi connectivity index (χ2n) is 4.11. The van der Waals surface area contributed by atoms with Gasteiger partial charge in [0.25, 0.3) is 0 Å². The average Bonchev–Trinajstić information content (AvgIpc) is 2.07. The molecule has 1 saturated carbocycles. The number of fused-ring (bicyclic) bond motifs is 1. The fraction of sp³-hybridized carbons (Fsp3) is 0.800. The van der Waals surface area contributed by atoms with Gasteiger partial charge in [0.15, 0.2) is 0 Å². The van der Waals surface area contributed by atoms with E-state index in [4.69, 9.17) is 0 Å². The van der Waals surface area contributed by atoms with E-state index in [1.165, 1.54) is 48.3 Å². The van der Waals surface area contributed by atoms with Crippen LogP contribution in [0.3, 0.4) is 0 Å². The molecule has 0 bridgehead atoms. The van der Waals surface area contributed by atoms with Crippen LogP contribution < -0.4 is 0 Å². The topological polar surface area (TPSA) is 0 Å². The van der Waals surface area contributed by atoms with E-state index in [9.17, 15) is 0 Å². The van der Waals surface area contributed by atoms with Crippen molar-refractivity contribution in [3.63, 3.8) is 0 Å². The third kappa shape index (κ3) is 1.69. The highest BCUT2D eigenvalue weighted by Gasteiger charge is 2.29. The molecule has 0 nitrogen and oxygen atoms in total. The van der Waals surface area contributed by atoms with E-state index in [0.29, 0.717) is 0 Å². The molecular formula is C10H16S2. The highest BCUT2D eigenvalue weighted by molar-refractivity contribution is 7.88. The van der Waals surface area contributed by atoms with Crippen LogP contribution in [0.4, 0.5) is 0 Å². The molecule has 0 saturated heterocycles. The van der Waals surface area contributed by atoms with Gasteiger partial charge in [0, 0.05) is 0 Å². The van der Waals surface area contributed by atoms with Crippen molar-refractivity contribution in [3.8, 4) is 0 Å². The number of rotatable bonds is 0. The zero-order valence-electron chi connectivity index (χ0n) is 7.29. The Labute approximate surface area is 85.6 Å². The molecule has 2 unspecified atom stereocenters. The monoisotopic (exact) mass is 200 g/mol. The second-order valence-corrected chi connectivity index (χ2v) is 5.19. The Balaban J connectivity index is 2.10. The van der Waals surface area contributed by atoms with E-state index >= 15 is 0 Å². The van der Waals surface area contributed by atoms with E-state index in [-0.39, 0.29) is 0 Å². The minimum absolute atomic E-state index is 0.933. The lowest BCUT2D eigenvalue weighted by Crippen LogP contribution is -2.23. The molecule has 0 aromatic rings. The Hall–Kier alpha value is 0.440. The maximum Gasteiger partial charge on any atom is -0.00887 e. The first-order valence-corrected chi connectivity index (χ1v) is 5.77. The summed E-state index contributed by atoms with van der Waals surface area (Å²) in [6.45, 7) is 0. The summed E-state index contributed by atoms with van der Waals surface area (Å²) in [5.74, 6) is 1.87. The van der Waals surface area contributed by atoms with Crippen molar-refractivity contribution < 1.29 is 0 Å². The first-order chi connectivity index (χ1) is 5.77. The summed E-state index contributed by atoms with van der Waals surface area (Å²) in [6.07, 6.45) is 8.12. The van der Waals surface area contributed by atoms with Crippen molar-refractivity contribution in [1.82, 2.24) is 0 Å². The summed E-state index contributed by atoms with van der Waals surface area (Å²) >= 11 is 8.95. The third-order valence-corrected chi connectivity index (χ3v) is 4.39.